The van der Waals surface area contributed by atoms with E-state index in [1.807, 2.05) is 0 Å². The van der Waals surface area contributed by atoms with E-state index >= 15 is 0 Å². The molecule has 2 aliphatic heterocycles. The molecule has 0 amide bonds. The van der Waals surface area contributed by atoms with Crippen molar-refractivity contribution in [1.82, 2.24) is 0 Å². The number of hydrogen-bond donors (Lipinski definition) is 7. The Morgan fingerprint density at radius 3 is 2.06 bits per heavy atom. The molecule has 2 saturated heterocycles. The smallest absolute Gasteiger partial charge is 0.311 e. The van der Waals surface area contributed by atoms with E-state index in [-0.39, 0.29) is 5.75 Å². The van der Waals surface area contributed by atoms with Crippen molar-refractivity contribution in [2.75, 3.05) is 13.2 Å². The van der Waals surface area contributed by atoms with E-state index < -0.39 is 85.2 Å². The molecule has 0 unspecified atom stereocenters. The Hall–Kier alpha value is -1.98. The zero-order valence-electron chi connectivity index (χ0n) is 16.5. The van der Waals surface area contributed by atoms with E-state index in [0.29, 0.717) is 0 Å². The number of nitro groups is 1. The number of ether oxygens (including phenoxy) is 4. The topological polar surface area (TPSA) is 222 Å². The molecule has 14 nitrogen and oxygen atoms in total. The van der Waals surface area contributed by atoms with Gasteiger partial charge in [-0.15, -0.1) is 0 Å². The van der Waals surface area contributed by atoms with Crippen LogP contribution in [0.15, 0.2) is 24.3 Å². The average Bonchev–Trinajstić information content (AvgIpc) is 2.78. The quantitative estimate of drug-likeness (QED) is 0.155. The molecular weight excluding hydrogens is 438 g/mol. The third-order valence-corrected chi connectivity index (χ3v) is 5.27. The fourth-order valence-corrected chi connectivity index (χ4v) is 3.49. The zero-order valence-corrected chi connectivity index (χ0v) is 16.5. The molecule has 32 heavy (non-hydrogen) atoms. The van der Waals surface area contributed by atoms with Crippen LogP contribution in [0.5, 0.6) is 5.75 Å². The van der Waals surface area contributed by atoms with Gasteiger partial charge in [-0.2, -0.15) is 0 Å². The maximum atomic E-state index is 11.2. The van der Waals surface area contributed by atoms with Crippen LogP contribution in [0.4, 0.5) is 5.69 Å². The van der Waals surface area contributed by atoms with Crippen molar-refractivity contribution in [3.05, 3.63) is 34.4 Å². The van der Waals surface area contributed by atoms with Gasteiger partial charge in [-0.1, -0.05) is 12.1 Å². The van der Waals surface area contributed by atoms with Gasteiger partial charge in [0.05, 0.1) is 18.1 Å². The van der Waals surface area contributed by atoms with E-state index in [1.54, 1.807) is 0 Å². The Kier molecular flexibility index (Phi) is 7.94. The minimum atomic E-state index is -1.81. The lowest BCUT2D eigenvalue weighted by atomic mass is 9.97. The molecule has 0 bridgehead atoms. The Balaban J connectivity index is 1.75. The third kappa shape index (κ3) is 4.84. The molecule has 10 atom stereocenters. The number of hydrogen-bond acceptors (Lipinski definition) is 13. The lowest BCUT2D eigenvalue weighted by Gasteiger charge is -2.45. The van der Waals surface area contributed by atoms with Crippen LogP contribution in [0.1, 0.15) is 0 Å². The summed E-state index contributed by atoms with van der Waals surface area (Å²) in [5.74, 6) is -0.251. The molecule has 3 rings (SSSR count). The van der Waals surface area contributed by atoms with Crippen LogP contribution in [0, 0.1) is 10.1 Å². The second-order valence-electron chi connectivity index (χ2n) is 7.35. The van der Waals surface area contributed by atoms with Crippen LogP contribution in [0.2, 0.25) is 0 Å². The Morgan fingerprint density at radius 1 is 0.844 bits per heavy atom. The van der Waals surface area contributed by atoms with Gasteiger partial charge in [0.25, 0.3) is 0 Å². The first-order valence-corrected chi connectivity index (χ1v) is 9.68. The van der Waals surface area contributed by atoms with E-state index in [4.69, 9.17) is 18.9 Å². The molecule has 2 aliphatic rings. The second-order valence-corrected chi connectivity index (χ2v) is 7.35. The Labute approximate surface area is 180 Å². The minimum Gasteiger partial charge on any atom is -0.455 e. The lowest BCUT2D eigenvalue weighted by molar-refractivity contribution is -0.387. The van der Waals surface area contributed by atoms with Gasteiger partial charge in [-0.25, -0.2) is 0 Å². The highest BCUT2D eigenvalue weighted by molar-refractivity contribution is 5.45. The number of nitrogens with zero attached hydrogens (tertiary/aromatic N) is 1. The second kappa shape index (κ2) is 10.3. The summed E-state index contributed by atoms with van der Waals surface area (Å²) in [6, 6.07) is 5.27. The van der Waals surface area contributed by atoms with Crippen molar-refractivity contribution in [3.8, 4) is 5.75 Å². The van der Waals surface area contributed by atoms with E-state index in [1.165, 1.54) is 18.2 Å². The highest BCUT2D eigenvalue weighted by atomic mass is 16.7. The fraction of sp³-hybridized carbons (Fsp3) is 0.667. The van der Waals surface area contributed by atoms with Crippen molar-refractivity contribution < 1.29 is 59.6 Å². The number of rotatable bonds is 7. The van der Waals surface area contributed by atoms with E-state index in [2.05, 4.69) is 0 Å². The normalized spacial score (nSPS) is 40.1. The summed E-state index contributed by atoms with van der Waals surface area (Å²) in [7, 11) is 0. The maximum Gasteiger partial charge on any atom is 0.311 e. The first-order valence-electron chi connectivity index (χ1n) is 9.68. The van der Waals surface area contributed by atoms with Gasteiger partial charge in [-0.05, 0) is 6.07 Å². The molecule has 1 aromatic rings. The number of para-hydroxylation sites is 2. The molecule has 1 aromatic carbocycles. The number of nitro benzene ring substituents is 1. The van der Waals surface area contributed by atoms with Gasteiger partial charge in [0.2, 0.25) is 6.29 Å². The molecule has 180 valence electrons. The molecule has 2 fully saturated rings. The van der Waals surface area contributed by atoms with Gasteiger partial charge >= 0.3 is 5.69 Å². The molecule has 0 saturated carbocycles. The fourth-order valence-electron chi connectivity index (χ4n) is 3.49. The molecule has 0 aliphatic carbocycles. The summed E-state index contributed by atoms with van der Waals surface area (Å²) in [6.45, 7) is -1.48. The van der Waals surface area contributed by atoms with Crippen LogP contribution in [0.3, 0.4) is 0 Å². The number of benzene rings is 1. The standard InChI is InChI=1S/C18H25NO13/c20-5-9-11(22)12(23)14(25)18(30-9)32-16-10(6-21)31-17(15(26)13(16)24)29-8-4-2-1-3-7(8)19(27)28/h1-4,9-18,20-26H,5-6H2/t9-,10-,11-,12-,13+,14-,15-,16-,17-,18+/m1/s1. The molecule has 7 N–H and O–H groups in total. The van der Waals surface area contributed by atoms with Crippen molar-refractivity contribution in [2.45, 2.75) is 61.4 Å². The maximum absolute atomic E-state index is 11.2. The van der Waals surface area contributed by atoms with Gasteiger partial charge < -0.3 is 54.7 Å². The predicted octanol–water partition coefficient (Wildman–Crippen LogP) is -3.40. The summed E-state index contributed by atoms with van der Waals surface area (Å²) in [6.07, 6.45) is -16.2. The zero-order chi connectivity index (χ0) is 23.6. The highest BCUT2D eigenvalue weighted by Gasteiger charge is 2.51. The van der Waals surface area contributed by atoms with Crippen LogP contribution in [-0.2, 0) is 14.2 Å². The summed E-state index contributed by atoms with van der Waals surface area (Å²) >= 11 is 0. The first-order chi connectivity index (χ1) is 15.2. The molecule has 0 aromatic heterocycles. The van der Waals surface area contributed by atoms with Crippen molar-refractivity contribution in [1.29, 1.82) is 0 Å². The lowest BCUT2D eigenvalue weighted by Crippen LogP contribution is -2.65. The summed E-state index contributed by atoms with van der Waals surface area (Å²) in [4.78, 5) is 10.4. The van der Waals surface area contributed by atoms with Crippen LogP contribution in [0.25, 0.3) is 0 Å². The van der Waals surface area contributed by atoms with Crippen molar-refractivity contribution in [3.63, 3.8) is 0 Å². The van der Waals surface area contributed by atoms with Crippen molar-refractivity contribution in [2.24, 2.45) is 0 Å². The molecule has 0 spiro atoms. The Bertz CT molecular complexity index is 777. The predicted molar refractivity (Wildman–Crippen MR) is 100 cm³/mol. The Morgan fingerprint density at radius 2 is 1.44 bits per heavy atom. The van der Waals surface area contributed by atoms with Gasteiger partial charge in [0.1, 0.15) is 48.8 Å². The van der Waals surface area contributed by atoms with Gasteiger partial charge in [0.15, 0.2) is 12.0 Å². The molecular formula is C18H25NO13. The van der Waals surface area contributed by atoms with E-state index in [9.17, 15) is 45.9 Å². The summed E-state index contributed by atoms with van der Waals surface area (Å²) in [5, 5.41) is 80.9. The van der Waals surface area contributed by atoms with Gasteiger partial charge in [-0.3, -0.25) is 10.1 Å². The van der Waals surface area contributed by atoms with Crippen molar-refractivity contribution >= 4 is 5.69 Å². The summed E-state index contributed by atoms with van der Waals surface area (Å²) in [5.41, 5.74) is -0.418. The van der Waals surface area contributed by atoms with Crippen LogP contribution < -0.4 is 4.74 Å². The largest absolute Gasteiger partial charge is 0.455 e. The van der Waals surface area contributed by atoms with Gasteiger partial charge in [0, 0.05) is 6.07 Å². The van der Waals surface area contributed by atoms with Crippen LogP contribution in [-0.4, -0.2) is 115 Å². The first kappa shape index (κ1) is 24.7. The van der Waals surface area contributed by atoms with Crippen LogP contribution >= 0.6 is 0 Å². The number of aliphatic hydroxyl groups excluding tert-OH is 7. The molecule has 2 heterocycles. The third-order valence-electron chi connectivity index (χ3n) is 5.27. The number of aliphatic hydroxyl groups is 7. The SMILES string of the molecule is O=[N+]([O-])c1ccccc1O[C@@H]1O[C@H](CO)[C@@H](O[C@@H]2O[C@H](CO)[C@@H](O)[C@@H](O)[C@H]2O)[C@@H](O)[C@H]1O. The summed E-state index contributed by atoms with van der Waals surface area (Å²) < 4.78 is 21.4. The molecule has 14 heteroatoms. The average molecular weight is 463 g/mol. The van der Waals surface area contributed by atoms with E-state index in [0.717, 1.165) is 6.07 Å². The monoisotopic (exact) mass is 463 g/mol. The highest BCUT2D eigenvalue weighted by Crippen LogP contribution is 2.33. The minimum absolute atomic E-state index is 0.251. The molecule has 0 radical (unpaired) electrons.